The van der Waals surface area contributed by atoms with E-state index in [1.807, 2.05) is 0 Å². The highest BCUT2D eigenvalue weighted by Gasteiger charge is 1.28. The predicted molar refractivity (Wildman–Crippen MR) is 65.0 cm³/mol. The second-order valence-electron chi connectivity index (χ2n) is 0.408. The molecule has 2 N–H and O–H groups in total. The third kappa shape index (κ3) is 3610. The van der Waals surface area contributed by atoms with Gasteiger partial charge in [-0.05, 0) is 0 Å². The Kier molecular flexibility index (Phi) is 5820. The molecule has 76 valence electrons. The highest BCUT2D eigenvalue weighted by Crippen LogP contribution is 1.20. The van der Waals surface area contributed by atoms with Crippen LogP contribution in [0.5, 0.6) is 0 Å². The minimum atomic E-state index is 0. The molecular weight excluding hydrogens is 160 g/mol. The maximum absolute atomic E-state index is 4.53. The fraction of sp³-hybridized carbons (Fsp3) is 1.00. The Morgan fingerprint density at radius 1 is 0.600 bits per heavy atom. The van der Waals surface area contributed by atoms with Crippen molar-refractivity contribution in [1.29, 1.82) is 0 Å². The van der Waals surface area contributed by atoms with Gasteiger partial charge in [-0.25, -0.2) is 0 Å². The van der Waals surface area contributed by atoms with Gasteiger partial charge >= 0.3 is 0 Å². The molecule has 0 saturated heterocycles. The topological polar surface area (TPSA) is 40.7 Å². The van der Waals surface area contributed by atoms with Gasteiger partial charge in [0.15, 0.2) is 0 Å². The first-order valence-corrected chi connectivity index (χ1v) is 2.45. The van der Waals surface area contributed by atoms with E-state index >= 15 is 0 Å². The molecule has 0 aliphatic carbocycles. The van der Waals surface area contributed by atoms with Crippen LogP contribution in [-0.2, 0) is 4.12 Å². The van der Waals surface area contributed by atoms with Crippen LogP contribution in [0.25, 0.3) is 0 Å². The fourth-order valence-corrected chi connectivity index (χ4v) is 0. The summed E-state index contributed by atoms with van der Waals surface area (Å²) in [6.45, 7) is 0. The Morgan fingerprint density at radius 2 is 0.600 bits per heavy atom. The van der Waals surface area contributed by atoms with Crippen LogP contribution in [0.2, 0.25) is 0 Å². The van der Waals surface area contributed by atoms with Gasteiger partial charge in [0, 0.05) is 0 Å². The lowest BCUT2D eigenvalue weighted by atomic mass is 12.0. The van der Waals surface area contributed by atoms with E-state index in [9.17, 15) is 0 Å². The molecule has 0 rings (SSSR count). The Labute approximate surface area is 75.8 Å². The summed E-state index contributed by atoms with van der Waals surface area (Å²) in [6.07, 6.45) is 0. The van der Waals surface area contributed by atoms with Crippen molar-refractivity contribution in [2.75, 3.05) is 0 Å². The molecule has 0 atom stereocenters. The molecule has 0 aromatic rings. The zero-order valence-electron chi connectivity index (χ0n) is 2.91. The first-order chi connectivity index (χ1) is 1.41. The fourth-order valence-electron chi connectivity index (χ4n) is 0. The van der Waals surface area contributed by atoms with Crippen molar-refractivity contribution >= 4 is 21.0 Å². The molecule has 0 heterocycles. The summed E-state index contributed by atoms with van der Waals surface area (Å²) in [5, 5.41) is 0. The first kappa shape index (κ1) is 164. The summed E-state index contributed by atoms with van der Waals surface area (Å²) in [7, 11) is 1.86. The standard InChI is InChI=1S/6CH4.H6OSi2.H2O/c;;;;;;2-1-3;/h6*1H4;2-3H3;1H2. The van der Waals surface area contributed by atoms with Crippen molar-refractivity contribution in [1.82, 2.24) is 0 Å². The lowest BCUT2D eigenvalue weighted by Gasteiger charge is -1.62. The van der Waals surface area contributed by atoms with Crippen molar-refractivity contribution in [3.8, 4) is 0 Å². The largest absolute Gasteiger partial charge is 0.471 e. The van der Waals surface area contributed by atoms with Crippen LogP contribution in [0.3, 0.4) is 0 Å². The molecule has 10 heavy (non-hydrogen) atoms. The van der Waals surface area contributed by atoms with Gasteiger partial charge < -0.3 is 9.59 Å². The van der Waals surface area contributed by atoms with Crippen LogP contribution in [0.15, 0.2) is 0 Å². The number of hydrogen-bond donors (Lipinski definition) is 0. The van der Waals surface area contributed by atoms with Crippen LogP contribution in [-0.4, -0.2) is 26.4 Å². The van der Waals surface area contributed by atoms with E-state index < -0.39 is 0 Å². The van der Waals surface area contributed by atoms with Gasteiger partial charge in [0.25, 0.3) is 0 Å². The lowest BCUT2D eigenvalue weighted by Crippen LogP contribution is -1.65. The third-order valence-corrected chi connectivity index (χ3v) is 0. The summed E-state index contributed by atoms with van der Waals surface area (Å²) >= 11 is 0. The SMILES string of the molecule is C.C.C.C.C.C.O.[SiH3]O[SiH3]. The smallest absolute Gasteiger partial charge is 0.129 e. The van der Waals surface area contributed by atoms with E-state index in [4.69, 9.17) is 0 Å². The molecule has 0 aromatic carbocycles. The minimum Gasteiger partial charge on any atom is -0.471 e. The highest BCUT2D eigenvalue weighted by molar-refractivity contribution is 6.15. The summed E-state index contributed by atoms with van der Waals surface area (Å²) in [5.74, 6) is 0. The number of hydrogen-bond acceptors (Lipinski definition) is 1. The molecule has 0 fully saturated rings. The molecule has 0 aliphatic heterocycles. The normalized spacial score (nSPS) is 2.40. The van der Waals surface area contributed by atoms with Gasteiger partial charge in [0.1, 0.15) is 21.0 Å². The zero-order valence-corrected chi connectivity index (χ0v) is 6.91. The van der Waals surface area contributed by atoms with Crippen molar-refractivity contribution < 1.29 is 9.59 Å². The molecule has 0 radical (unpaired) electrons. The summed E-state index contributed by atoms with van der Waals surface area (Å²) < 4.78 is 4.53. The third-order valence-electron chi connectivity index (χ3n) is 0. The van der Waals surface area contributed by atoms with Crippen molar-refractivity contribution in [2.24, 2.45) is 0 Å². The van der Waals surface area contributed by atoms with Crippen molar-refractivity contribution in [3.05, 3.63) is 0 Å². The average molecular weight is 192 g/mol. The Morgan fingerprint density at radius 3 is 0.600 bits per heavy atom. The van der Waals surface area contributed by atoms with Gasteiger partial charge in [-0.15, -0.1) is 0 Å². The molecule has 2 nitrogen and oxygen atoms in total. The van der Waals surface area contributed by atoms with Gasteiger partial charge in [0.05, 0.1) is 0 Å². The summed E-state index contributed by atoms with van der Waals surface area (Å²) in [6, 6.07) is 0. The molecule has 0 unspecified atom stereocenters. The van der Waals surface area contributed by atoms with Crippen LogP contribution >= 0.6 is 0 Å². The molecule has 0 amide bonds. The molecule has 0 saturated carbocycles. The average Bonchev–Trinajstić information content (AvgIpc) is 0.918. The Balaban J connectivity index is -0.000000000952. The van der Waals surface area contributed by atoms with E-state index in [0.29, 0.717) is 0 Å². The van der Waals surface area contributed by atoms with Crippen LogP contribution in [0, 0.1) is 0 Å². The van der Waals surface area contributed by atoms with Gasteiger partial charge in [0.2, 0.25) is 0 Å². The maximum atomic E-state index is 4.53. The summed E-state index contributed by atoms with van der Waals surface area (Å²) in [4.78, 5) is 0. The van der Waals surface area contributed by atoms with E-state index in [0.717, 1.165) is 21.0 Å². The van der Waals surface area contributed by atoms with Crippen LogP contribution in [0.1, 0.15) is 44.6 Å². The predicted octanol–water partition coefficient (Wildman–Crippen LogP) is 0.556. The van der Waals surface area contributed by atoms with E-state index in [1.54, 1.807) is 0 Å². The minimum absolute atomic E-state index is 0. The highest BCUT2D eigenvalue weighted by atomic mass is 28.3. The quantitative estimate of drug-likeness (QED) is 0.517. The van der Waals surface area contributed by atoms with Gasteiger partial charge in [-0.2, -0.15) is 0 Å². The van der Waals surface area contributed by atoms with E-state index in [-0.39, 0.29) is 50.0 Å². The second kappa shape index (κ2) is 356. The Bertz CT molecular complexity index is 13.7. The van der Waals surface area contributed by atoms with Crippen molar-refractivity contribution in [3.63, 3.8) is 0 Å². The molecular formula is C6H32O2Si2. The van der Waals surface area contributed by atoms with Crippen LogP contribution in [0.4, 0.5) is 0 Å². The zero-order chi connectivity index (χ0) is 2.71. The lowest BCUT2D eigenvalue weighted by molar-refractivity contribution is 0.690. The molecule has 0 aromatic heterocycles. The first-order valence-electron chi connectivity index (χ1n) is 0.816. The number of rotatable bonds is 0. The summed E-state index contributed by atoms with van der Waals surface area (Å²) in [5.41, 5.74) is 0. The second-order valence-corrected chi connectivity index (χ2v) is 3.67. The maximum Gasteiger partial charge on any atom is 0.129 e. The van der Waals surface area contributed by atoms with E-state index in [1.165, 1.54) is 0 Å². The molecule has 4 heteroatoms. The monoisotopic (exact) mass is 192 g/mol. The van der Waals surface area contributed by atoms with Gasteiger partial charge in [-0.1, -0.05) is 44.6 Å². The van der Waals surface area contributed by atoms with E-state index in [2.05, 4.69) is 4.12 Å². The molecule has 0 bridgehead atoms. The molecule has 0 spiro atoms. The molecule has 0 aliphatic rings. The van der Waals surface area contributed by atoms with Crippen LogP contribution < -0.4 is 0 Å². The Hall–Kier alpha value is 0.354. The van der Waals surface area contributed by atoms with Crippen molar-refractivity contribution in [2.45, 2.75) is 44.6 Å². The van der Waals surface area contributed by atoms with Gasteiger partial charge in [-0.3, -0.25) is 0 Å².